The third-order valence-corrected chi connectivity index (χ3v) is 4.81. The zero-order valence-corrected chi connectivity index (χ0v) is 17.0. The lowest BCUT2D eigenvalue weighted by molar-refractivity contribution is -0.127. The molecule has 0 radical (unpaired) electrons. The molecule has 0 aliphatic carbocycles. The van der Waals surface area contributed by atoms with E-state index in [0.29, 0.717) is 23.0 Å². The lowest BCUT2D eigenvalue weighted by atomic mass is 10.2. The van der Waals surface area contributed by atoms with Gasteiger partial charge >= 0.3 is 0 Å². The Morgan fingerprint density at radius 3 is 2.52 bits per heavy atom. The predicted molar refractivity (Wildman–Crippen MR) is 112 cm³/mol. The highest BCUT2D eigenvalue weighted by atomic mass is 35.5. The Morgan fingerprint density at radius 1 is 1.07 bits per heavy atom. The molecule has 3 aromatic rings. The number of furan rings is 1. The van der Waals surface area contributed by atoms with Gasteiger partial charge in [0.2, 0.25) is 0 Å². The van der Waals surface area contributed by atoms with Crippen LogP contribution in [0.4, 0.5) is 5.69 Å². The van der Waals surface area contributed by atoms with E-state index in [2.05, 4.69) is 10.6 Å². The van der Waals surface area contributed by atoms with Crippen LogP contribution in [-0.2, 0) is 11.3 Å². The molecule has 1 unspecified atom stereocenters. The number of ether oxygens (including phenoxy) is 1. The monoisotopic (exact) mass is 432 g/mol. The summed E-state index contributed by atoms with van der Waals surface area (Å²) in [5, 5.41) is 6.14. The summed E-state index contributed by atoms with van der Waals surface area (Å²) in [5.74, 6) is -0.0495. The zero-order chi connectivity index (χ0) is 20.8. The molecule has 3 rings (SSSR count). The molecule has 0 aliphatic rings. The van der Waals surface area contributed by atoms with Crippen molar-refractivity contribution in [1.82, 2.24) is 5.32 Å². The van der Waals surface area contributed by atoms with Gasteiger partial charge < -0.3 is 19.8 Å². The number of carbonyl (C=O) groups excluding carboxylic acids is 2. The highest BCUT2D eigenvalue weighted by Crippen LogP contribution is 2.32. The molecular weight excluding hydrogens is 415 g/mol. The van der Waals surface area contributed by atoms with Crippen molar-refractivity contribution in [2.45, 2.75) is 19.6 Å². The second-order valence-corrected chi connectivity index (χ2v) is 6.94. The summed E-state index contributed by atoms with van der Waals surface area (Å²) in [6.45, 7) is 1.93. The van der Waals surface area contributed by atoms with E-state index in [-0.39, 0.29) is 22.6 Å². The molecule has 29 heavy (non-hydrogen) atoms. The van der Waals surface area contributed by atoms with E-state index in [9.17, 15) is 9.59 Å². The molecule has 2 aromatic carbocycles. The SMILES string of the molecule is CC(Oc1cccc(Cl)c1Cl)C(=O)NCc1ccc(NC(=O)c2ccco2)cc1. The molecule has 0 aliphatic heterocycles. The van der Waals surface area contributed by atoms with Crippen LogP contribution in [0, 0.1) is 0 Å². The topological polar surface area (TPSA) is 80.6 Å². The van der Waals surface area contributed by atoms with Crippen molar-refractivity contribution >= 4 is 40.7 Å². The molecular formula is C21H18Cl2N2O4. The first-order valence-corrected chi connectivity index (χ1v) is 9.52. The minimum Gasteiger partial charge on any atom is -0.479 e. The maximum absolute atomic E-state index is 12.3. The number of amides is 2. The van der Waals surface area contributed by atoms with Gasteiger partial charge in [-0.3, -0.25) is 9.59 Å². The van der Waals surface area contributed by atoms with Gasteiger partial charge in [0.05, 0.1) is 11.3 Å². The minimum absolute atomic E-state index is 0.232. The van der Waals surface area contributed by atoms with E-state index in [0.717, 1.165) is 5.56 Å². The summed E-state index contributed by atoms with van der Waals surface area (Å²) < 4.78 is 10.6. The first kappa shape index (κ1) is 20.8. The second-order valence-electron chi connectivity index (χ2n) is 6.16. The molecule has 6 nitrogen and oxygen atoms in total. The Labute approximate surface area is 177 Å². The number of benzene rings is 2. The van der Waals surface area contributed by atoms with Crippen LogP contribution in [0.5, 0.6) is 5.75 Å². The first-order valence-electron chi connectivity index (χ1n) is 8.76. The summed E-state index contributed by atoms with van der Waals surface area (Å²) in [6.07, 6.45) is 0.684. The maximum Gasteiger partial charge on any atom is 0.291 e. The number of nitrogens with one attached hydrogen (secondary N) is 2. The fourth-order valence-electron chi connectivity index (χ4n) is 2.46. The number of anilines is 1. The fraction of sp³-hybridized carbons (Fsp3) is 0.143. The van der Waals surface area contributed by atoms with Crippen LogP contribution >= 0.6 is 23.2 Å². The van der Waals surface area contributed by atoms with Gasteiger partial charge in [-0.15, -0.1) is 0 Å². The quantitative estimate of drug-likeness (QED) is 0.554. The molecule has 0 spiro atoms. The maximum atomic E-state index is 12.3. The second kappa shape index (κ2) is 9.49. The van der Waals surface area contributed by atoms with E-state index in [1.54, 1.807) is 61.5 Å². The van der Waals surface area contributed by atoms with Crippen LogP contribution in [0.3, 0.4) is 0 Å². The lowest BCUT2D eigenvalue weighted by Crippen LogP contribution is -2.35. The number of rotatable bonds is 7. The standard InChI is InChI=1S/C21H18Cl2N2O4/c1-13(29-17-5-2-4-16(22)19(17)23)20(26)24-12-14-7-9-15(10-8-14)25-21(27)18-6-3-11-28-18/h2-11,13H,12H2,1H3,(H,24,26)(H,25,27). The van der Waals surface area contributed by atoms with E-state index in [4.69, 9.17) is 32.4 Å². The summed E-state index contributed by atoms with van der Waals surface area (Å²) in [6, 6.07) is 15.3. The van der Waals surface area contributed by atoms with Crippen LogP contribution in [0.15, 0.2) is 65.3 Å². The van der Waals surface area contributed by atoms with Crippen molar-refractivity contribution in [3.05, 3.63) is 82.2 Å². The summed E-state index contributed by atoms with van der Waals surface area (Å²) in [7, 11) is 0. The van der Waals surface area contributed by atoms with Crippen LogP contribution < -0.4 is 15.4 Å². The van der Waals surface area contributed by atoms with Gasteiger partial charge in [0, 0.05) is 12.2 Å². The van der Waals surface area contributed by atoms with E-state index in [1.165, 1.54) is 6.26 Å². The van der Waals surface area contributed by atoms with Crippen molar-refractivity contribution < 1.29 is 18.7 Å². The van der Waals surface area contributed by atoms with E-state index < -0.39 is 6.10 Å². The molecule has 1 aromatic heterocycles. The summed E-state index contributed by atoms with van der Waals surface area (Å²) >= 11 is 12.0. The normalized spacial score (nSPS) is 11.6. The first-order chi connectivity index (χ1) is 13.9. The molecule has 150 valence electrons. The number of halogens is 2. The van der Waals surface area contributed by atoms with Gasteiger partial charge in [-0.2, -0.15) is 0 Å². The smallest absolute Gasteiger partial charge is 0.291 e. The third kappa shape index (κ3) is 5.53. The molecule has 0 saturated carbocycles. The number of hydrogen-bond donors (Lipinski definition) is 2. The van der Waals surface area contributed by atoms with Crippen LogP contribution in [0.1, 0.15) is 23.0 Å². The average molecular weight is 433 g/mol. The van der Waals surface area contributed by atoms with E-state index >= 15 is 0 Å². The zero-order valence-electron chi connectivity index (χ0n) is 15.4. The van der Waals surface area contributed by atoms with Crippen LogP contribution in [0.25, 0.3) is 0 Å². The Balaban J connectivity index is 1.50. The van der Waals surface area contributed by atoms with Crippen molar-refractivity contribution in [3.8, 4) is 5.75 Å². The molecule has 8 heteroatoms. The molecule has 0 saturated heterocycles. The van der Waals surface area contributed by atoms with Crippen molar-refractivity contribution in [1.29, 1.82) is 0 Å². The Bertz CT molecular complexity index is 988. The largest absolute Gasteiger partial charge is 0.479 e. The summed E-state index contributed by atoms with van der Waals surface area (Å²) in [4.78, 5) is 24.2. The number of hydrogen-bond acceptors (Lipinski definition) is 4. The molecule has 1 heterocycles. The van der Waals surface area contributed by atoms with Gasteiger partial charge in [0.1, 0.15) is 10.8 Å². The van der Waals surface area contributed by atoms with Gasteiger partial charge in [-0.25, -0.2) is 0 Å². The molecule has 2 N–H and O–H groups in total. The number of carbonyl (C=O) groups is 2. The molecule has 1 atom stereocenters. The van der Waals surface area contributed by atoms with Gasteiger partial charge in [-0.05, 0) is 48.9 Å². The fourth-order valence-corrected chi connectivity index (χ4v) is 2.79. The van der Waals surface area contributed by atoms with Gasteiger partial charge in [0.25, 0.3) is 11.8 Å². The molecule has 2 amide bonds. The Kier molecular flexibility index (Phi) is 6.80. The van der Waals surface area contributed by atoms with Crippen molar-refractivity contribution in [2.75, 3.05) is 5.32 Å². The van der Waals surface area contributed by atoms with Crippen molar-refractivity contribution in [2.24, 2.45) is 0 Å². The lowest BCUT2D eigenvalue weighted by Gasteiger charge is -2.16. The van der Waals surface area contributed by atoms with Crippen LogP contribution in [-0.4, -0.2) is 17.9 Å². The van der Waals surface area contributed by atoms with Crippen molar-refractivity contribution in [3.63, 3.8) is 0 Å². The average Bonchev–Trinajstić information content (AvgIpc) is 3.25. The summed E-state index contributed by atoms with van der Waals surface area (Å²) in [5.41, 5.74) is 1.48. The Hall–Kier alpha value is -2.96. The minimum atomic E-state index is -0.752. The molecule has 0 bridgehead atoms. The van der Waals surface area contributed by atoms with Gasteiger partial charge in [-0.1, -0.05) is 41.4 Å². The predicted octanol–water partition coefficient (Wildman–Crippen LogP) is 4.92. The third-order valence-electron chi connectivity index (χ3n) is 4.01. The van der Waals surface area contributed by atoms with E-state index in [1.807, 2.05) is 0 Å². The molecule has 0 fully saturated rings. The van der Waals surface area contributed by atoms with Crippen LogP contribution in [0.2, 0.25) is 10.0 Å². The highest BCUT2D eigenvalue weighted by Gasteiger charge is 2.17. The highest BCUT2D eigenvalue weighted by molar-refractivity contribution is 6.42. The Morgan fingerprint density at radius 2 is 1.83 bits per heavy atom. The van der Waals surface area contributed by atoms with Gasteiger partial charge in [0.15, 0.2) is 11.9 Å².